The first kappa shape index (κ1) is 26.4. The van der Waals surface area contributed by atoms with Crippen LogP contribution in [-0.2, 0) is 19.7 Å². The summed E-state index contributed by atoms with van der Waals surface area (Å²) in [7, 11) is 1.35. The molecule has 2 N–H and O–H groups in total. The Hall–Kier alpha value is -2.59. The minimum Gasteiger partial charge on any atom is -0.469 e. The summed E-state index contributed by atoms with van der Waals surface area (Å²) in [6.45, 7) is 10.2. The van der Waals surface area contributed by atoms with Gasteiger partial charge in [0, 0.05) is 26.1 Å². The molecule has 1 aromatic carbocycles. The Labute approximate surface area is 186 Å². The van der Waals surface area contributed by atoms with Gasteiger partial charge in [0.05, 0.1) is 18.6 Å². The van der Waals surface area contributed by atoms with Crippen LogP contribution >= 0.6 is 0 Å². The summed E-state index contributed by atoms with van der Waals surface area (Å²) in [5.74, 6) is -0.245. The predicted octanol–water partition coefficient (Wildman–Crippen LogP) is 3.99. The summed E-state index contributed by atoms with van der Waals surface area (Å²) < 4.78 is 9.33. The maximum atomic E-state index is 11.6. The van der Waals surface area contributed by atoms with Crippen molar-refractivity contribution in [2.75, 3.05) is 20.2 Å². The first-order valence-corrected chi connectivity index (χ1v) is 10.7. The number of rotatable bonds is 5. The summed E-state index contributed by atoms with van der Waals surface area (Å²) in [6.07, 6.45) is 3.28. The van der Waals surface area contributed by atoms with Crippen molar-refractivity contribution >= 4 is 12.1 Å². The quantitative estimate of drug-likeness (QED) is 0.540. The molecule has 0 radical (unpaired) electrons. The summed E-state index contributed by atoms with van der Waals surface area (Å²) >= 11 is 0. The van der Waals surface area contributed by atoms with Gasteiger partial charge in [0.25, 0.3) is 0 Å². The molecule has 1 fully saturated rings. The molecule has 0 aliphatic heterocycles. The molecule has 1 saturated carbocycles. The molecule has 0 atom stereocenters. The second-order valence-electron chi connectivity index (χ2n) is 8.86. The molecule has 2 rings (SSSR count). The normalized spacial score (nSPS) is 20.5. The first-order valence-electron chi connectivity index (χ1n) is 10.7. The number of amides is 1. The minimum absolute atomic E-state index is 0.245. The van der Waals surface area contributed by atoms with Gasteiger partial charge in [-0.1, -0.05) is 24.3 Å². The molecule has 31 heavy (non-hydrogen) atoms. The monoisotopic (exact) mass is 431 g/mol. The van der Waals surface area contributed by atoms with Crippen molar-refractivity contribution in [2.45, 2.75) is 77.4 Å². The van der Waals surface area contributed by atoms with Crippen LogP contribution in [0.3, 0.4) is 0 Å². The van der Waals surface area contributed by atoms with E-state index < -0.39 is 5.60 Å². The Morgan fingerprint density at radius 1 is 1.19 bits per heavy atom. The number of aryl methyl sites for hydroxylation is 1. The SMILES string of the molecule is COC(C)=O.Cc1ccccc1C1(C#N)CCC(NCCNC(=O)OC(C)(C)C)CC1. The van der Waals surface area contributed by atoms with Gasteiger partial charge in [-0.25, -0.2) is 4.79 Å². The van der Waals surface area contributed by atoms with Crippen molar-refractivity contribution in [3.8, 4) is 6.07 Å². The van der Waals surface area contributed by atoms with Crippen LogP contribution in [0.15, 0.2) is 24.3 Å². The summed E-state index contributed by atoms with van der Waals surface area (Å²) in [4.78, 5) is 21.2. The third kappa shape index (κ3) is 9.39. The standard InChI is InChI=1S/C21H31N3O2.C3H6O2/c1-16-7-5-6-8-18(16)21(15-22)11-9-17(10-12-21)23-13-14-24-19(25)26-20(2,3)4;1-3(4)5-2/h5-8,17,23H,9-14H2,1-4H3,(H,24,25);1-2H3. The minimum atomic E-state index is -0.475. The van der Waals surface area contributed by atoms with Crippen molar-refractivity contribution in [3.63, 3.8) is 0 Å². The fraction of sp³-hybridized carbons (Fsp3) is 0.625. The van der Waals surface area contributed by atoms with Crippen molar-refractivity contribution in [3.05, 3.63) is 35.4 Å². The van der Waals surface area contributed by atoms with Gasteiger partial charge < -0.3 is 20.1 Å². The van der Waals surface area contributed by atoms with Crippen LogP contribution in [0, 0.1) is 18.3 Å². The van der Waals surface area contributed by atoms with Gasteiger partial charge >= 0.3 is 12.1 Å². The van der Waals surface area contributed by atoms with Crippen LogP contribution in [0.1, 0.15) is 64.5 Å². The van der Waals surface area contributed by atoms with E-state index in [1.54, 1.807) is 0 Å². The van der Waals surface area contributed by atoms with Crippen LogP contribution in [0.2, 0.25) is 0 Å². The van der Waals surface area contributed by atoms with Crippen LogP contribution in [0.5, 0.6) is 0 Å². The maximum absolute atomic E-state index is 11.6. The fourth-order valence-electron chi connectivity index (χ4n) is 3.62. The summed E-state index contributed by atoms with van der Waals surface area (Å²) in [5, 5.41) is 16.1. The van der Waals surface area contributed by atoms with E-state index in [0.29, 0.717) is 19.1 Å². The van der Waals surface area contributed by atoms with E-state index in [0.717, 1.165) is 25.7 Å². The molecule has 7 heteroatoms. The molecular weight excluding hydrogens is 394 g/mol. The Bertz CT molecular complexity index is 757. The predicted molar refractivity (Wildman–Crippen MR) is 121 cm³/mol. The van der Waals surface area contributed by atoms with E-state index in [4.69, 9.17) is 4.74 Å². The van der Waals surface area contributed by atoms with Gasteiger partial charge in [-0.05, 0) is 64.5 Å². The van der Waals surface area contributed by atoms with Crippen molar-refractivity contribution < 1.29 is 19.1 Å². The van der Waals surface area contributed by atoms with Crippen LogP contribution in [0.4, 0.5) is 4.79 Å². The van der Waals surface area contributed by atoms with E-state index in [-0.39, 0.29) is 17.5 Å². The zero-order chi connectivity index (χ0) is 23.5. The number of carbonyl (C=O) groups excluding carboxylic acids is 2. The lowest BCUT2D eigenvalue weighted by atomic mass is 9.68. The molecular formula is C24H37N3O4. The lowest BCUT2D eigenvalue weighted by Crippen LogP contribution is -2.43. The number of ether oxygens (including phenoxy) is 2. The number of nitrogens with zero attached hydrogens (tertiary/aromatic N) is 1. The number of nitrogens with one attached hydrogen (secondary N) is 2. The molecule has 1 aromatic rings. The third-order valence-corrected chi connectivity index (χ3v) is 5.23. The van der Waals surface area contributed by atoms with Gasteiger partial charge in [0.15, 0.2) is 0 Å². The van der Waals surface area contributed by atoms with Gasteiger partial charge in [-0.15, -0.1) is 0 Å². The zero-order valence-electron chi connectivity index (χ0n) is 19.7. The highest BCUT2D eigenvalue weighted by Crippen LogP contribution is 2.40. The first-order chi connectivity index (χ1) is 14.5. The second-order valence-corrected chi connectivity index (χ2v) is 8.86. The number of hydrogen-bond donors (Lipinski definition) is 2. The van der Waals surface area contributed by atoms with Gasteiger partial charge in [-0.2, -0.15) is 5.26 Å². The van der Waals surface area contributed by atoms with Crippen molar-refractivity contribution in [1.82, 2.24) is 10.6 Å². The van der Waals surface area contributed by atoms with E-state index >= 15 is 0 Å². The van der Waals surface area contributed by atoms with Crippen LogP contribution < -0.4 is 10.6 Å². The lowest BCUT2D eigenvalue weighted by Gasteiger charge is -2.36. The van der Waals surface area contributed by atoms with E-state index in [1.807, 2.05) is 32.9 Å². The Balaban J connectivity index is 0.000000861. The number of methoxy groups -OCH3 is 1. The smallest absolute Gasteiger partial charge is 0.407 e. The highest BCUT2D eigenvalue weighted by atomic mass is 16.6. The molecule has 0 saturated heterocycles. The topological polar surface area (TPSA) is 100 Å². The number of alkyl carbamates (subject to hydrolysis) is 1. The van der Waals surface area contributed by atoms with Crippen molar-refractivity contribution in [2.24, 2.45) is 0 Å². The van der Waals surface area contributed by atoms with E-state index in [2.05, 4.69) is 40.5 Å². The largest absolute Gasteiger partial charge is 0.469 e. The number of nitriles is 1. The van der Waals surface area contributed by atoms with Gasteiger partial charge in [0.1, 0.15) is 5.60 Å². The van der Waals surface area contributed by atoms with Crippen LogP contribution in [0.25, 0.3) is 0 Å². The third-order valence-electron chi connectivity index (χ3n) is 5.23. The molecule has 0 bridgehead atoms. The molecule has 1 amide bonds. The molecule has 1 aliphatic rings. The molecule has 172 valence electrons. The molecule has 0 aromatic heterocycles. The Morgan fingerprint density at radius 2 is 1.77 bits per heavy atom. The zero-order valence-corrected chi connectivity index (χ0v) is 19.7. The van der Waals surface area contributed by atoms with Gasteiger partial charge in [-0.3, -0.25) is 4.79 Å². The molecule has 0 spiro atoms. The summed E-state index contributed by atoms with van der Waals surface area (Å²) in [6, 6.07) is 11.2. The number of benzene rings is 1. The second kappa shape index (κ2) is 12.3. The average Bonchev–Trinajstić information content (AvgIpc) is 2.71. The summed E-state index contributed by atoms with van der Waals surface area (Å²) in [5.41, 5.74) is 1.53. The molecule has 0 heterocycles. The Morgan fingerprint density at radius 3 is 2.26 bits per heavy atom. The highest BCUT2D eigenvalue weighted by molar-refractivity contribution is 5.67. The number of carbonyl (C=O) groups is 2. The van der Waals surface area contributed by atoms with E-state index in [1.165, 1.54) is 25.2 Å². The van der Waals surface area contributed by atoms with E-state index in [9.17, 15) is 14.9 Å². The van der Waals surface area contributed by atoms with Crippen molar-refractivity contribution in [1.29, 1.82) is 5.26 Å². The maximum Gasteiger partial charge on any atom is 0.407 e. The van der Waals surface area contributed by atoms with Crippen LogP contribution in [-0.4, -0.2) is 43.9 Å². The highest BCUT2D eigenvalue weighted by Gasteiger charge is 2.37. The molecule has 1 aliphatic carbocycles. The molecule has 0 unspecified atom stereocenters. The average molecular weight is 432 g/mol. The fourth-order valence-corrected chi connectivity index (χ4v) is 3.62. The number of hydrogen-bond acceptors (Lipinski definition) is 6. The lowest BCUT2D eigenvalue weighted by molar-refractivity contribution is -0.137. The Kier molecular flexibility index (Phi) is 10.5. The van der Waals surface area contributed by atoms with Gasteiger partial charge in [0.2, 0.25) is 0 Å². The number of esters is 1. The molecule has 7 nitrogen and oxygen atoms in total.